The fraction of sp³-hybridized carbons (Fsp3) is 0.571. The number of amides is 2. The molecule has 0 aromatic carbocycles. The number of aliphatic hydroxyl groups is 1. The van der Waals surface area contributed by atoms with Crippen molar-refractivity contribution in [3.05, 3.63) is 22.4 Å². The van der Waals surface area contributed by atoms with Gasteiger partial charge in [-0.05, 0) is 22.4 Å². The molecule has 0 aliphatic rings. The minimum Gasteiger partial charge on any atom is -0.387 e. The van der Waals surface area contributed by atoms with E-state index in [-0.39, 0.29) is 24.8 Å². The second-order valence-electron chi connectivity index (χ2n) is 5.63. The zero-order valence-electron chi connectivity index (χ0n) is 12.1. The van der Waals surface area contributed by atoms with Gasteiger partial charge in [0.2, 0.25) is 11.8 Å². The number of carbonyl (C=O) groups is 2. The number of hydrogen-bond donors (Lipinski definition) is 3. The Labute approximate surface area is 123 Å². The molecule has 0 saturated carbocycles. The summed E-state index contributed by atoms with van der Waals surface area (Å²) in [7, 11) is 0. The summed E-state index contributed by atoms with van der Waals surface area (Å²) in [6.45, 7) is 5.94. The normalized spacial score (nSPS) is 12.8. The number of hydrogen-bond acceptors (Lipinski definition) is 4. The quantitative estimate of drug-likeness (QED) is 0.744. The standard InChI is InChI=1S/C14H22N2O3S/c1-14(2,3)13(19)15-6-4-12(18)16-8-11(17)10-5-7-20-9-10/h5,7,9,11,17H,4,6,8H2,1-3H3,(H,15,19)(H,16,18). The largest absolute Gasteiger partial charge is 0.387 e. The maximum Gasteiger partial charge on any atom is 0.225 e. The van der Waals surface area contributed by atoms with Crippen molar-refractivity contribution in [2.24, 2.45) is 5.41 Å². The maximum absolute atomic E-state index is 11.6. The molecule has 6 heteroatoms. The first kappa shape index (κ1) is 16.7. The lowest BCUT2D eigenvalue weighted by molar-refractivity contribution is -0.128. The van der Waals surface area contributed by atoms with Gasteiger partial charge in [-0.15, -0.1) is 0 Å². The Kier molecular flexibility index (Phi) is 6.16. The van der Waals surface area contributed by atoms with Gasteiger partial charge in [-0.2, -0.15) is 11.3 Å². The summed E-state index contributed by atoms with van der Waals surface area (Å²) in [6, 6.07) is 1.82. The van der Waals surface area contributed by atoms with Gasteiger partial charge in [0.1, 0.15) is 0 Å². The van der Waals surface area contributed by atoms with Crippen LogP contribution in [0.25, 0.3) is 0 Å². The zero-order valence-corrected chi connectivity index (χ0v) is 12.9. The number of carbonyl (C=O) groups excluding carboxylic acids is 2. The number of nitrogens with one attached hydrogen (secondary N) is 2. The van der Waals surface area contributed by atoms with Gasteiger partial charge in [0.15, 0.2) is 0 Å². The van der Waals surface area contributed by atoms with Crippen molar-refractivity contribution in [2.75, 3.05) is 13.1 Å². The highest BCUT2D eigenvalue weighted by molar-refractivity contribution is 7.07. The van der Waals surface area contributed by atoms with Crippen molar-refractivity contribution in [2.45, 2.75) is 33.3 Å². The molecule has 20 heavy (non-hydrogen) atoms. The van der Waals surface area contributed by atoms with Crippen LogP contribution in [-0.2, 0) is 9.59 Å². The van der Waals surface area contributed by atoms with E-state index < -0.39 is 11.5 Å². The molecule has 1 heterocycles. The first-order valence-electron chi connectivity index (χ1n) is 6.56. The molecule has 1 aromatic rings. The Bertz CT molecular complexity index is 438. The molecular formula is C14H22N2O3S. The maximum atomic E-state index is 11.6. The van der Waals surface area contributed by atoms with E-state index in [4.69, 9.17) is 0 Å². The average Bonchev–Trinajstić information content (AvgIpc) is 2.88. The van der Waals surface area contributed by atoms with E-state index >= 15 is 0 Å². The van der Waals surface area contributed by atoms with Crippen LogP contribution in [0.2, 0.25) is 0 Å². The van der Waals surface area contributed by atoms with Crippen LogP contribution in [0.1, 0.15) is 38.9 Å². The highest BCUT2D eigenvalue weighted by Gasteiger charge is 2.20. The molecule has 0 saturated heterocycles. The van der Waals surface area contributed by atoms with E-state index in [1.54, 1.807) is 0 Å². The van der Waals surface area contributed by atoms with Crippen molar-refractivity contribution >= 4 is 23.2 Å². The average molecular weight is 298 g/mol. The van der Waals surface area contributed by atoms with Crippen LogP contribution < -0.4 is 10.6 Å². The third-order valence-electron chi connectivity index (χ3n) is 2.74. The summed E-state index contributed by atoms with van der Waals surface area (Å²) in [6.07, 6.45) is -0.479. The lowest BCUT2D eigenvalue weighted by Crippen LogP contribution is -2.37. The van der Waals surface area contributed by atoms with E-state index in [9.17, 15) is 14.7 Å². The number of rotatable bonds is 6. The summed E-state index contributed by atoms with van der Waals surface area (Å²) in [5.74, 6) is -0.267. The SMILES string of the molecule is CC(C)(C)C(=O)NCCC(=O)NCC(O)c1ccsc1. The Hall–Kier alpha value is -1.40. The fourth-order valence-corrected chi connectivity index (χ4v) is 2.14. The first-order chi connectivity index (χ1) is 9.30. The summed E-state index contributed by atoms with van der Waals surface area (Å²) >= 11 is 1.50. The summed E-state index contributed by atoms with van der Waals surface area (Å²) in [5.41, 5.74) is 0.349. The topological polar surface area (TPSA) is 78.4 Å². The van der Waals surface area contributed by atoms with Gasteiger partial charge in [0.25, 0.3) is 0 Å². The smallest absolute Gasteiger partial charge is 0.225 e. The molecule has 0 bridgehead atoms. The van der Waals surface area contributed by atoms with Crippen LogP contribution in [0.4, 0.5) is 0 Å². The molecule has 3 N–H and O–H groups in total. The molecule has 0 aliphatic carbocycles. The number of aliphatic hydroxyl groups excluding tert-OH is 1. The minimum absolute atomic E-state index is 0.0800. The highest BCUT2D eigenvalue weighted by Crippen LogP contribution is 2.15. The van der Waals surface area contributed by atoms with E-state index in [1.165, 1.54) is 11.3 Å². The summed E-state index contributed by atoms with van der Waals surface area (Å²) in [4.78, 5) is 23.2. The van der Waals surface area contributed by atoms with Gasteiger partial charge < -0.3 is 15.7 Å². The predicted molar refractivity (Wildman–Crippen MR) is 79.4 cm³/mol. The van der Waals surface area contributed by atoms with Gasteiger partial charge >= 0.3 is 0 Å². The van der Waals surface area contributed by atoms with E-state index in [0.29, 0.717) is 6.54 Å². The highest BCUT2D eigenvalue weighted by atomic mass is 32.1. The molecule has 1 atom stereocenters. The van der Waals surface area contributed by atoms with Gasteiger partial charge in [0, 0.05) is 24.9 Å². The van der Waals surface area contributed by atoms with Crippen LogP contribution in [0.3, 0.4) is 0 Å². The molecule has 5 nitrogen and oxygen atoms in total. The molecule has 1 rings (SSSR count). The minimum atomic E-state index is -0.686. The first-order valence-corrected chi connectivity index (χ1v) is 7.50. The van der Waals surface area contributed by atoms with Gasteiger partial charge in [0.05, 0.1) is 6.10 Å². The second-order valence-corrected chi connectivity index (χ2v) is 6.41. The Balaban J connectivity index is 2.20. The van der Waals surface area contributed by atoms with Crippen molar-refractivity contribution in [3.63, 3.8) is 0 Å². The number of thiophene rings is 1. The molecule has 2 amide bonds. The monoisotopic (exact) mass is 298 g/mol. The third kappa shape index (κ3) is 5.71. The van der Waals surface area contributed by atoms with Crippen molar-refractivity contribution < 1.29 is 14.7 Å². The third-order valence-corrected chi connectivity index (χ3v) is 3.44. The second kappa shape index (κ2) is 7.40. The zero-order chi connectivity index (χ0) is 15.2. The summed E-state index contributed by atoms with van der Waals surface area (Å²) < 4.78 is 0. The molecular weight excluding hydrogens is 276 g/mol. The van der Waals surface area contributed by atoms with Crippen LogP contribution in [0.5, 0.6) is 0 Å². The Morgan fingerprint density at radius 1 is 1.35 bits per heavy atom. The molecule has 0 spiro atoms. The van der Waals surface area contributed by atoms with Crippen LogP contribution in [-0.4, -0.2) is 30.0 Å². The molecule has 0 aliphatic heterocycles. The van der Waals surface area contributed by atoms with Crippen molar-refractivity contribution in [1.29, 1.82) is 0 Å². The van der Waals surface area contributed by atoms with Crippen LogP contribution in [0.15, 0.2) is 16.8 Å². The molecule has 112 valence electrons. The van der Waals surface area contributed by atoms with E-state index in [0.717, 1.165) is 5.56 Å². The van der Waals surface area contributed by atoms with Gasteiger partial charge in [-0.3, -0.25) is 9.59 Å². The Morgan fingerprint density at radius 2 is 2.05 bits per heavy atom. The fourth-order valence-electron chi connectivity index (χ4n) is 1.44. The van der Waals surface area contributed by atoms with Crippen LogP contribution in [0, 0.1) is 5.41 Å². The van der Waals surface area contributed by atoms with E-state index in [2.05, 4.69) is 10.6 Å². The van der Waals surface area contributed by atoms with Crippen molar-refractivity contribution in [1.82, 2.24) is 10.6 Å². The van der Waals surface area contributed by atoms with Gasteiger partial charge in [-0.1, -0.05) is 20.8 Å². The summed E-state index contributed by atoms with van der Waals surface area (Å²) in [5, 5.41) is 18.9. The molecule has 0 radical (unpaired) electrons. The molecule has 0 fully saturated rings. The predicted octanol–water partition coefficient (Wildman–Crippen LogP) is 1.45. The lowest BCUT2D eigenvalue weighted by atomic mass is 9.96. The van der Waals surface area contributed by atoms with Gasteiger partial charge in [-0.25, -0.2) is 0 Å². The van der Waals surface area contributed by atoms with E-state index in [1.807, 2.05) is 37.6 Å². The van der Waals surface area contributed by atoms with Crippen molar-refractivity contribution in [3.8, 4) is 0 Å². The van der Waals surface area contributed by atoms with Crippen LogP contribution >= 0.6 is 11.3 Å². The lowest BCUT2D eigenvalue weighted by Gasteiger charge is -2.17. The Morgan fingerprint density at radius 3 is 2.60 bits per heavy atom. The molecule has 1 aromatic heterocycles. The molecule has 1 unspecified atom stereocenters.